The lowest BCUT2D eigenvalue weighted by atomic mass is 10.4. The van der Waals surface area contributed by atoms with Crippen molar-refractivity contribution in [1.82, 2.24) is 4.98 Å². The van der Waals surface area contributed by atoms with Crippen LogP contribution >= 0.6 is 32.9 Å². The van der Waals surface area contributed by atoms with Crippen molar-refractivity contribution in [2.24, 2.45) is 0 Å². The maximum absolute atomic E-state index is 3.74. The fraction of sp³-hybridized carbons (Fsp3) is 0.0833. The van der Waals surface area contributed by atoms with E-state index in [0.717, 1.165) is 5.75 Å². The quantitative estimate of drug-likeness (QED) is 0.450. The van der Waals surface area contributed by atoms with Gasteiger partial charge in [0.25, 0.3) is 0 Å². The Hall–Kier alpha value is -0.710. The van der Waals surface area contributed by atoms with Crippen molar-refractivity contribution in [3.8, 4) is 0 Å². The minimum Gasteiger partial charge on any atom is -0.253 e. The molecule has 0 amide bonds. The Labute approximate surface area is 108 Å². The maximum Gasteiger partial charge on any atom is 0.0791 e. The highest BCUT2D eigenvalue weighted by atomic mass is 33.1. The fourth-order valence-corrected chi connectivity index (χ4v) is 2.96. The van der Waals surface area contributed by atoms with Crippen LogP contribution in [-0.4, -0.2) is 10.7 Å². The van der Waals surface area contributed by atoms with Crippen molar-refractivity contribution in [2.75, 3.05) is 5.75 Å². The zero-order chi connectivity index (χ0) is 11.5. The van der Waals surface area contributed by atoms with Crippen LogP contribution in [0.2, 0.25) is 0 Å². The molecule has 1 aromatic carbocycles. The van der Waals surface area contributed by atoms with Crippen molar-refractivity contribution >= 4 is 32.9 Å². The van der Waals surface area contributed by atoms with E-state index in [9.17, 15) is 0 Å². The van der Waals surface area contributed by atoms with E-state index in [1.54, 1.807) is 44.6 Å². The largest absolute Gasteiger partial charge is 0.253 e. The van der Waals surface area contributed by atoms with Gasteiger partial charge in [0.05, 0.1) is 5.51 Å². The Balaban J connectivity index is 0.000000212. The second-order valence-corrected chi connectivity index (χ2v) is 5.81. The van der Waals surface area contributed by atoms with Gasteiger partial charge < -0.3 is 0 Å². The molecule has 0 aliphatic heterocycles. The van der Waals surface area contributed by atoms with Gasteiger partial charge in [-0.3, -0.25) is 4.98 Å². The molecule has 2 rings (SSSR count). The second-order valence-electron chi connectivity index (χ2n) is 2.65. The van der Waals surface area contributed by atoms with E-state index in [4.69, 9.17) is 0 Å². The van der Waals surface area contributed by atoms with Crippen molar-refractivity contribution in [1.29, 1.82) is 0 Å². The summed E-state index contributed by atoms with van der Waals surface area (Å²) in [4.78, 5) is 5.05. The Morgan fingerprint density at radius 1 is 1.31 bits per heavy atom. The van der Waals surface area contributed by atoms with Gasteiger partial charge in [0.1, 0.15) is 0 Å². The molecule has 0 saturated heterocycles. The standard InChI is InChI=1S/C9H10S2.C3H3NS/c1-2-8-10-11-9-6-4-3-5-7-9;1-2-5-3-4-1/h2-7H,1,8H2;1-3H. The van der Waals surface area contributed by atoms with Crippen LogP contribution < -0.4 is 0 Å². The average Bonchev–Trinajstić information content (AvgIpc) is 2.90. The first kappa shape index (κ1) is 13.4. The molecule has 2 aromatic rings. The van der Waals surface area contributed by atoms with Gasteiger partial charge in [0.2, 0.25) is 0 Å². The highest BCUT2D eigenvalue weighted by Crippen LogP contribution is 2.30. The van der Waals surface area contributed by atoms with Crippen LogP contribution in [0, 0.1) is 0 Å². The van der Waals surface area contributed by atoms with E-state index >= 15 is 0 Å². The summed E-state index contributed by atoms with van der Waals surface area (Å²) in [6, 6.07) is 10.4. The minimum absolute atomic E-state index is 1.000. The van der Waals surface area contributed by atoms with Crippen LogP contribution in [0.15, 0.2) is 65.0 Å². The van der Waals surface area contributed by atoms with E-state index in [1.165, 1.54) is 4.90 Å². The molecule has 1 heterocycles. The van der Waals surface area contributed by atoms with Crippen molar-refractivity contribution in [2.45, 2.75) is 4.90 Å². The van der Waals surface area contributed by atoms with Gasteiger partial charge >= 0.3 is 0 Å². The number of rotatable bonds is 4. The number of aromatic nitrogens is 1. The summed E-state index contributed by atoms with van der Waals surface area (Å²) in [5.74, 6) is 1.000. The first-order valence-corrected chi connectivity index (χ1v) is 7.97. The molecular weight excluding hydrogens is 254 g/mol. The Morgan fingerprint density at radius 2 is 2.12 bits per heavy atom. The van der Waals surface area contributed by atoms with Crippen LogP contribution in [0.3, 0.4) is 0 Å². The molecular formula is C12H13NS3. The van der Waals surface area contributed by atoms with Crippen molar-refractivity contribution < 1.29 is 0 Å². The predicted molar refractivity (Wildman–Crippen MR) is 77.1 cm³/mol. The van der Waals surface area contributed by atoms with Gasteiger partial charge in [-0.25, -0.2) is 0 Å². The number of hydrogen-bond acceptors (Lipinski definition) is 4. The first-order valence-electron chi connectivity index (χ1n) is 4.71. The van der Waals surface area contributed by atoms with Crippen LogP contribution in [0.1, 0.15) is 0 Å². The summed E-state index contributed by atoms with van der Waals surface area (Å²) in [6.07, 6.45) is 3.69. The van der Waals surface area contributed by atoms with Gasteiger partial charge in [0, 0.05) is 22.2 Å². The lowest BCUT2D eigenvalue weighted by molar-refractivity contribution is 1.43. The number of nitrogens with zero attached hydrogens (tertiary/aromatic N) is 1. The monoisotopic (exact) mass is 267 g/mol. The fourth-order valence-electron chi connectivity index (χ4n) is 0.802. The molecule has 1 aromatic heterocycles. The molecule has 0 spiro atoms. The van der Waals surface area contributed by atoms with E-state index in [1.807, 2.05) is 17.5 Å². The highest BCUT2D eigenvalue weighted by molar-refractivity contribution is 8.76. The third kappa shape index (κ3) is 6.71. The molecule has 0 aliphatic carbocycles. The molecule has 0 radical (unpaired) electrons. The SMILES string of the molecule is C=CCSSc1ccccc1.c1cscn1. The van der Waals surface area contributed by atoms with Gasteiger partial charge in [0.15, 0.2) is 0 Å². The number of benzene rings is 1. The molecule has 0 fully saturated rings. The van der Waals surface area contributed by atoms with Gasteiger partial charge in [-0.2, -0.15) is 0 Å². The number of hydrogen-bond donors (Lipinski definition) is 0. The molecule has 1 nitrogen and oxygen atoms in total. The molecule has 0 unspecified atom stereocenters. The molecule has 16 heavy (non-hydrogen) atoms. The summed E-state index contributed by atoms with van der Waals surface area (Å²) < 4.78 is 0. The second kappa shape index (κ2) is 9.51. The zero-order valence-corrected chi connectivity index (χ0v) is 11.2. The lowest BCUT2D eigenvalue weighted by Gasteiger charge is -1.95. The topological polar surface area (TPSA) is 12.9 Å². The third-order valence-electron chi connectivity index (χ3n) is 1.43. The lowest BCUT2D eigenvalue weighted by Crippen LogP contribution is -1.66. The van der Waals surface area contributed by atoms with E-state index < -0.39 is 0 Å². The third-order valence-corrected chi connectivity index (χ3v) is 4.25. The Bertz CT molecular complexity index is 342. The molecule has 4 heteroatoms. The highest BCUT2D eigenvalue weighted by Gasteiger charge is 1.89. The summed E-state index contributed by atoms with van der Waals surface area (Å²) >= 11 is 1.60. The summed E-state index contributed by atoms with van der Waals surface area (Å²) in [6.45, 7) is 3.66. The minimum atomic E-state index is 1.000. The summed E-state index contributed by atoms with van der Waals surface area (Å²) in [5, 5.41) is 1.93. The van der Waals surface area contributed by atoms with Gasteiger partial charge in [-0.05, 0) is 12.1 Å². The molecule has 0 N–H and O–H groups in total. The van der Waals surface area contributed by atoms with Crippen LogP contribution in [0.25, 0.3) is 0 Å². The maximum atomic E-state index is 3.74. The van der Waals surface area contributed by atoms with Gasteiger partial charge in [-0.1, -0.05) is 45.9 Å². The zero-order valence-electron chi connectivity index (χ0n) is 8.78. The Morgan fingerprint density at radius 3 is 2.62 bits per heavy atom. The average molecular weight is 267 g/mol. The number of thiazole rings is 1. The predicted octanol–water partition coefficient (Wildman–Crippen LogP) is 4.76. The summed E-state index contributed by atoms with van der Waals surface area (Å²) in [7, 11) is 3.60. The first-order chi connectivity index (χ1) is 7.93. The van der Waals surface area contributed by atoms with Crippen LogP contribution in [0.5, 0.6) is 0 Å². The van der Waals surface area contributed by atoms with Crippen molar-refractivity contribution in [3.05, 3.63) is 60.1 Å². The Kier molecular flexibility index (Phi) is 7.94. The molecule has 0 aliphatic rings. The van der Waals surface area contributed by atoms with Crippen molar-refractivity contribution in [3.63, 3.8) is 0 Å². The molecule has 0 bridgehead atoms. The molecule has 84 valence electrons. The van der Waals surface area contributed by atoms with Gasteiger partial charge in [-0.15, -0.1) is 17.9 Å². The van der Waals surface area contributed by atoms with E-state index in [0.29, 0.717) is 0 Å². The summed E-state index contributed by atoms with van der Waals surface area (Å²) in [5.41, 5.74) is 1.79. The van der Waals surface area contributed by atoms with Crippen LogP contribution in [-0.2, 0) is 0 Å². The van der Waals surface area contributed by atoms with E-state index in [2.05, 4.69) is 35.8 Å². The normalized spacial score (nSPS) is 9.00. The van der Waals surface area contributed by atoms with Crippen LogP contribution in [0.4, 0.5) is 0 Å². The molecule has 0 saturated carbocycles. The smallest absolute Gasteiger partial charge is 0.0791 e. The molecule has 0 atom stereocenters. The van der Waals surface area contributed by atoms with E-state index in [-0.39, 0.29) is 0 Å².